The lowest BCUT2D eigenvalue weighted by Gasteiger charge is -2.30. The van der Waals surface area contributed by atoms with E-state index < -0.39 is 0 Å². The van der Waals surface area contributed by atoms with Crippen molar-refractivity contribution in [2.24, 2.45) is 5.92 Å². The molecule has 0 fully saturated rings. The van der Waals surface area contributed by atoms with Crippen molar-refractivity contribution < 1.29 is 19.0 Å². The van der Waals surface area contributed by atoms with Gasteiger partial charge in [0.1, 0.15) is 23.9 Å². The maximum atomic E-state index is 13.3. The number of benzene rings is 2. The lowest BCUT2D eigenvalue weighted by atomic mass is 9.95. The van der Waals surface area contributed by atoms with Gasteiger partial charge in [-0.3, -0.25) is 4.79 Å². The molecule has 6 heteroatoms. The molecule has 1 aliphatic rings. The van der Waals surface area contributed by atoms with Gasteiger partial charge in [-0.25, -0.2) is 0 Å². The number of hydrogen-bond acceptors (Lipinski definition) is 5. The summed E-state index contributed by atoms with van der Waals surface area (Å²) in [5.74, 6) is 1.96. The molecule has 6 nitrogen and oxygen atoms in total. The lowest BCUT2D eigenvalue weighted by molar-refractivity contribution is -0.123. The normalized spacial score (nSPS) is 14.9. The van der Waals surface area contributed by atoms with E-state index in [1.807, 2.05) is 56.3 Å². The Bertz CT molecular complexity index is 873. The Kier molecular flexibility index (Phi) is 6.96. The molecule has 0 radical (unpaired) electrons. The Balaban J connectivity index is 1.79. The maximum Gasteiger partial charge on any atom is 0.233 e. The van der Waals surface area contributed by atoms with Crippen LogP contribution < -0.4 is 19.1 Å². The van der Waals surface area contributed by atoms with Crippen LogP contribution in [0.15, 0.2) is 42.5 Å². The van der Waals surface area contributed by atoms with Gasteiger partial charge in [-0.1, -0.05) is 0 Å². The molecular weight excluding hydrogens is 368 g/mol. The number of amides is 1. The van der Waals surface area contributed by atoms with E-state index >= 15 is 0 Å². The van der Waals surface area contributed by atoms with Gasteiger partial charge < -0.3 is 19.1 Å². The number of hydrogen-bond donors (Lipinski definition) is 0. The Labute approximate surface area is 171 Å². The van der Waals surface area contributed by atoms with E-state index in [1.165, 1.54) is 0 Å². The second kappa shape index (κ2) is 9.83. The highest BCUT2D eigenvalue weighted by Gasteiger charge is 2.30. The minimum atomic E-state index is -0.315. The van der Waals surface area contributed by atoms with Crippen LogP contribution in [0.2, 0.25) is 0 Å². The zero-order valence-corrected chi connectivity index (χ0v) is 16.9. The molecule has 3 rings (SSSR count). The van der Waals surface area contributed by atoms with Gasteiger partial charge in [0, 0.05) is 12.2 Å². The van der Waals surface area contributed by atoms with Crippen LogP contribution in [-0.2, 0) is 11.2 Å². The fraction of sp³-hybridized carbons (Fsp3) is 0.391. The van der Waals surface area contributed by atoms with E-state index in [1.54, 1.807) is 4.90 Å². The van der Waals surface area contributed by atoms with E-state index in [-0.39, 0.29) is 18.2 Å². The molecule has 1 aliphatic heterocycles. The largest absolute Gasteiger partial charge is 0.494 e. The quantitative estimate of drug-likeness (QED) is 0.677. The van der Waals surface area contributed by atoms with Crippen molar-refractivity contribution in [3.8, 4) is 23.3 Å². The minimum absolute atomic E-state index is 0.0446. The number of carbonyl (C=O) groups is 1. The average Bonchev–Trinajstić information content (AvgIpc) is 2.75. The summed E-state index contributed by atoms with van der Waals surface area (Å²) in [6.07, 6.45) is 0.840. The molecule has 1 amide bonds. The summed E-state index contributed by atoms with van der Waals surface area (Å²) in [4.78, 5) is 15.0. The Morgan fingerprint density at radius 3 is 2.52 bits per heavy atom. The van der Waals surface area contributed by atoms with Crippen molar-refractivity contribution in [3.05, 3.63) is 48.0 Å². The highest BCUT2D eigenvalue weighted by Crippen LogP contribution is 2.32. The van der Waals surface area contributed by atoms with E-state index in [9.17, 15) is 4.79 Å². The number of fused-ring (bicyclic) bond motifs is 1. The molecular formula is C23H26N2O4. The third-order valence-corrected chi connectivity index (χ3v) is 4.77. The SMILES string of the molecule is CCOc1ccc(N(CCC#N)C(=O)C2COc3ccc(OCC)cc3C2)cc1. The highest BCUT2D eigenvalue weighted by atomic mass is 16.5. The van der Waals surface area contributed by atoms with Gasteiger partial charge in [-0.2, -0.15) is 5.26 Å². The maximum absolute atomic E-state index is 13.3. The number of nitriles is 1. The second-order valence-corrected chi connectivity index (χ2v) is 6.74. The van der Waals surface area contributed by atoms with Crippen molar-refractivity contribution in [2.45, 2.75) is 26.7 Å². The highest BCUT2D eigenvalue weighted by molar-refractivity contribution is 5.95. The molecule has 29 heavy (non-hydrogen) atoms. The van der Waals surface area contributed by atoms with E-state index in [2.05, 4.69) is 6.07 Å². The number of rotatable bonds is 8. The topological polar surface area (TPSA) is 71.8 Å². The van der Waals surface area contributed by atoms with Crippen LogP contribution in [-0.4, -0.2) is 32.3 Å². The van der Waals surface area contributed by atoms with E-state index in [4.69, 9.17) is 19.5 Å². The third-order valence-electron chi connectivity index (χ3n) is 4.77. The molecule has 0 bridgehead atoms. The molecule has 0 aliphatic carbocycles. The van der Waals surface area contributed by atoms with Gasteiger partial charge in [0.2, 0.25) is 5.91 Å². The number of carbonyl (C=O) groups excluding carboxylic acids is 1. The lowest BCUT2D eigenvalue weighted by Crippen LogP contribution is -2.41. The molecule has 2 aromatic carbocycles. The van der Waals surface area contributed by atoms with Crippen LogP contribution in [0.4, 0.5) is 5.69 Å². The third kappa shape index (κ3) is 5.00. The van der Waals surface area contributed by atoms with Crippen molar-refractivity contribution in [2.75, 3.05) is 31.3 Å². The summed E-state index contributed by atoms with van der Waals surface area (Å²) >= 11 is 0. The smallest absolute Gasteiger partial charge is 0.233 e. The molecule has 0 saturated carbocycles. The van der Waals surface area contributed by atoms with Crippen molar-refractivity contribution in [3.63, 3.8) is 0 Å². The van der Waals surface area contributed by atoms with Crippen LogP contribution in [0.5, 0.6) is 17.2 Å². The Morgan fingerprint density at radius 2 is 1.83 bits per heavy atom. The Morgan fingerprint density at radius 1 is 1.14 bits per heavy atom. The predicted octanol–water partition coefficient (Wildman–Crippen LogP) is 3.98. The second-order valence-electron chi connectivity index (χ2n) is 6.74. The predicted molar refractivity (Wildman–Crippen MR) is 110 cm³/mol. The summed E-state index contributed by atoms with van der Waals surface area (Å²) in [7, 11) is 0. The summed E-state index contributed by atoms with van der Waals surface area (Å²) in [6, 6.07) is 15.2. The van der Waals surface area contributed by atoms with Gasteiger partial charge in [-0.05, 0) is 68.3 Å². The molecule has 1 atom stereocenters. The average molecular weight is 394 g/mol. The van der Waals surface area contributed by atoms with Crippen LogP contribution in [0, 0.1) is 17.2 Å². The minimum Gasteiger partial charge on any atom is -0.494 e. The van der Waals surface area contributed by atoms with Crippen LogP contribution in [0.3, 0.4) is 0 Å². The van der Waals surface area contributed by atoms with E-state index in [0.29, 0.717) is 32.8 Å². The molecule has 0 aromatic heterocycles. The zero-order valence-electron chi connectivity index (χ0n) is 16.9. The first-order valence-electron chi connectivity index (χ1n) is 9.96. The summed E-state index contributed by atoms with van der Waals surface area (Å²) < 4.78 is 16.9. The Hall–Kier alpha value is -3.20. The summed E-state index contributed by atoms with van der Waals surface area (Å²) in [5, 5.41) is 9.03. The van der Waals surface area contributed by atoms with Gasteiger partial charge >= 0.3 is 0 Å². The van der Waals surface area contributed by atoms with Crippen molar-refractivity contribution in [1.29, 1.82) is 5.26 Å². The summed E-state index contributed by atoms with van der Waals surface area (Å²) in [5.41, 5.74) is 1.72. The van der Waals surface area contributed by atoms with Crippen LogP contribution >= 0.6 is 0 Å². The van der Waals surface area contributed by atoms with Crippen LogP contribution in [0.1, 0.15) is 25.8 Å². The monoisotopic (exact) mass is 394 g/mol. The van der Waals surface area contributed by atoms with Gasteiger partial charge in [-0.15, -0.1) is 0 Å². The number of nitrogens with zero attached hydrogens (tertiary/aromatic N) is 2. The molecule has 0 saturated heterocycles. The first kappa shape index (κ1) is 20.5. The standard InChI is InChI=1S/C23H26N2O4/c1-3-27-20-8-6-19(7-9-20)25(13-5-12-24)23(26)18-14-17-15-21(28-4-2)10-11-22(17)29-16-18/h6-11,15,18H,3-5,13-14,16H2,1-2H3. The molecule has 0 N–H and O–H groups in total. The number of anilines is 1. The molecule has 0 spiro atoms. The first-order chi connectivity index (χ1) is 14.2. The zero-order chi connectivity index (χ0) is 20.6. The van der Waals surface area contributed by atoms with Gasteiger partial charge in [0.05, 0.1) is 31.6 Å². The van der Waals surface area contributed by atoms with E-state index in [0.717, 1.165) is 28.5 Å². The molecule has 1 heterocycles. The fourth-order valence-electron chi connectivity index (χ4n) is 3.42. The van der Waals surface area contributed by atoms with Gasteiger partial charge in [0.15, 0.2) is 0 Å². The molecule has 152 valence electrons. The molecule has 1 unspecified atom stereocenters. The first-order valence-corrected chi connectivity index (χ1v) is 9.96. The van der Waals surface area contributed by atoms with Crippen molar-refractivity contribution in [1.82, 2.24) is 0 Å². The number of ether oxygens (including phenoxy) is 3. The summed E-state index contributed by atoms with van der Waals surface area (Å²) in [6.45, 7) is 5.69. The molecule has 2 aromatic rings. The van der Waals surface area contributed by atoms with Gasteiger partial charge in [0.25, 0.3) is 0 Å². The van der Waals surface area contributed by atoms with Crippen molar-refractivity contribution >= 4 is 11.6 Å². The fourth-order valence-corrected chi connectivity index (χ4v) is 3.42. The van der Waals surface area contributed by atoms with Crippen LogP contribution in [0.25, 0.3) is 0 Å².